The fourth-order valence-corrected chi connectivity index (χ4v) is 3.53. The lowest BCUT2D eigenvalue weighted by Gasteiger charge is -2.36. The number of aromatic nitrogens is 1. The number of likely N-dealkylation sites (tertiary alicyclic amines) is 1. The summed E-state index contributed by atoms with van der Waals surface area (Å²) in [5, 5.41) is 11.5. The molecule has 6 nitrogen and oxygen atoms in total. The molecule has 0 aromatic carbocycles. The van der Waals surface area contributed by atoms with Crippen molar-refractivity contribution < 1.29 is 19.1 Å². The topological polar surface area (TPSA) is 83.6 Å². The quantitative estimate of drug-likeness (QED) is 0.933. The van der Waals surface area contributed by atoms with Gasteiger partial charge in [-0.3, -0.25) is 9.59 Å². The fourth-order valence-electron chi connectivity index (χ4n) is 2.77. The van der Waals surface area contributed by atoms with Crippen LogP contribution < -0.4 is 0 Å². The van der Waals surface area contributed by atoms with Gasteiger partial charge < -0.3 is 14.4 Å². The van der Waals surface area contributed by atoms with Crippen molar-refractivity contribution in [1.82, 2.24) is 9.88 Å². The summed E-state index contributed by atoms with van der Waals surface area (Å²) in [4.78, 5) is 29.8. The summed E-state index contributed by atoms with van der Waals surface area (Å²) in [6.07, 6.45) is 1.30. The third-order valence-corrected chi connectivity index (χ3v) is 5.02. The summed E-state index contributed by atoms with van der Waals surface area (Å²) in [6, 6.07) is 3.70. The molecular formula is C16H18N2O4S. The first-order chi connectivity index (χ1) is 11.0. The number of carbonyl (C=O) groups is 2. The number of thiazole rings is 1. The minimum atomic E-state index is -0.847. The third-order valence-electron chi connectivity index (χ3n) is 4.17. The van der Waals surface area contributed by atoms with Gasteiger partial charge in [-0.05, 0) is 38.8 Å². The number of aryl methyl sites for hydroxylation is 1. The van der Waals surface area contributed by atoms with E-state index in [0.29, 0.717) is 29.3 Å². The Morgan fingerprint density at radius 2 is 2.17 bits per heavy atom. The van der Waals surface area contributed by atoms with Gasteiger partial charge in [0.1, 0.15) is 11.5 Å². The van der Waals surface area contributed by atoms with Crippen LogP contribution in [0.1, 0.15) is 36.0 Å². The van der Waals surface area contributed by atoms with Gasteiger partial charge in [0.2, 0.25) is 0 Å². The molecule has 2 unspecified atom stereocenters. The van der Waals surface area contributed by atoms with Gasteiger partial charge in [0.05, 0.1) is 5.92 Å². The van der Waals surface area contributed by atoms with Gasteiger partial charge in [-0.25, -0.2) is 4.98 Å². The van der Waals surface area contributed by atoms with Crippen molar-refractivity contribution in [3.05, 3.63) is 29.0 Å². The second kappa shape index (κ2) is 6.16. The van der Waals surface area contributed by atoms with Crippen LogP contribution in [0.5, 0.6) is 0 Å². The number of nitrogens with zero attached hydrogens (tertiary/aromatic N) is 2. The lowest BCUT2D eigenvalue weighted by molar-refractivity contribution is -0.143. The highest BCUT2D eigenvalue weighted by atomic mass is 32.1. The number of furan rings is 1. The van der Waals surface area contributed by atoms with E-state index < -0.39 is 11.9 Å². The first-order valence-corrected chi connectivity index (χ1v) is 8.39. The average molecular weight is 334 g/mol. The van der Waals surface area contributed by atoms with Crippen LogP contribution in [-0.2, 0) is 4.79 Å². The summed E-state index contributed by atoms with van der Waals surface area (Å²) in [7, 11) is 0. The van der Waals surface area contributed by atoms with Crippen molar-refractivity contribution in [1.29, 1.82) is 0 Å². The maximum atomic E-state index is 12.7. The Kier molecular flexibility index (Phi) is 4.21. The first-order valence-electron chi connectivity index (χ1n) is 7.52. The van der Waals surface area contributed by atoms with Gasteiger partial charge in [-0.2, -0.15) is 0 Å². The summed E-state index contributed by atoms with van der Waals surface area (Å²) in [6.45, 7) is 4.03. The lowest BCUT2D eigenvalue weighted by atomic mass is 9.93. The van der Waals surface area contributed by atoms with Crippen LogP contribution in [0, 0.1) is 12.8 Å². The molecule has 2 aromatic rings. The summed E-state index contributed by atoms with van der Waals surface area (Å²) < 4.78 is 5.52. The summed E-state index contributed by atoms with van der Waals surface area (Å²) in [5.41, 5.74) is 0.344. The maximum Gasteiger partial charge on any atom is 0.308 e. The van der Waals surface area contributed by atoms with Crippen molar-refractivity contribution in [2.75, 3.05) is 6.54 Å². The van der Waals surface area contributed by atoms with Crippen molar-refractivity contribution in [3.8, 4) is 10.8 Å². The molecule has 7 heteroatoms. The standard InChI is InChI=1S/C16H18N2O4S/c1-9-3-5-11(16(20)21)7-18(9)15(19)12-8-23-14(17-12)13-6-4-10(2)22-13/h4,6,8-9,11H,3,5,7H2,1-2H3,(H,20,21). The van der Waals surface area contributed by atoms with Crippen LogP contribution in [0.3, 0.4) is 0 Å². The molecule has 0 spiro atoms. The number of carboxylic acids is 1. The monoisotopic (exact) mass is 334 g/mol. The zero-order valence-corrected chi connectivity index (χ0v) is 13.8. The minimum Gasteiger partial charge on any atom is -0.481 e. The van der Waals surface area contributed by atoms with E-state index in [9.17, 15) is 14.7 Å². The van der Waals surface area contributed by atoms with Gasteiger partial charge >= 0.3 is 5.97 Å². The van der Waals surface area contributed by atoms with Crippen LogP contribution in [0.15, 0.2) is 21.9 Å². The SMILES string of the molecule is Cc1ccc(-c2nc(C(=O)N3CC(C(=O)O)CCC3C)cs2)o1. The molecule has 3 rings (SSSR count). The molecule has 2 atom stereocenters. The second-order valence-corrected chi connectivity index (χ2v) is 6.73. The van der Waals surface area contributed by atoms with E-state index in [1.807, 2.05) is 26.0 Å². The van der Waals surface area contributed by atoms with Crippen LogP contribution >= 0.6 is 11.3 Å². The normalized spacial score (nSPS) is 21.4. The number of hydrogen-bond donors (Lipinski definition) is 1. The molecule has 23 heavy (non-hydrogen) atoms. The summed E-state index contributed by atoms with van der Waals surface area (Å²) >= 11 is 1.35. The number of hydrogen-bond acceptors (Lipinski definition) is 5. The molecule has 1 aliphatic heterocycles. The van der Waals surface area contributed by atoms with E-state index >= 15 is 0 Å². The number of aliphatic carboxylic acids is 1. The second-order valence-electron chi connectivity index (χ2n) is 5.87. The molecule has 1 fully saturated rings. The lowest BCUT2D eigenvalue weighted by Crippen LogP contribution is -2.47. The van der Waals surface area contributed by atoms with Crippen LogP contribution in [0.4, 0.5) is 0 Å². The molecule has 0 aliphatic carbocycles. The zero-order chi connectivity index (χ0) is 16.6. The van der Waals surface area contributed by atoms with Gasteiger partial charge in [-0.15, -0.1) is 11.3 Å². The molecule has 1 aliphatic rings. The zero-order valence-electron chi connectivity index (χ0n) is 13.0. The molecule has 0 bridgehead atoms. The predicted octanol–water partition coefficient (Wildman–Crippen LogP) is 3.04. The highest BCUT2D eigenvalue weighted by Crippen LogP contribution is 2.28. The van der Waals surface area contributed by atoms with E-state index in [1.165, 1.54) is 11.3 Å². The smallest absolute Gasteiger partial charge is 0.308 e. The van der Waals surface area contributed by atoms with Crippen LogP contribution in [0.2, 0.25) is 0 Å². The largest absolute Gasteiger partial charge is 0.481 e. The highest BCUT2D eigenvalue weighted by molar-refractivity contribution is 7.13. The predicted molar refractivity (Wildman–Crippen MR) is 85.4 cm³/mol. The first kappa shape index (κ1) is 15.7. The van der Waals surface area contributed by atoms with E-state index in [1.54, 1.807) is 10.3 Å². The molecular weight excluding hydrogens is 316 g/mol. The van der Waals surface area contributed by atoms with Gasteiger partial charge in [0.25, 0.3) is 5.91 Å². The van der Waals surface area contributed by atoms with Crippen molar-refractivity contribution in [2.45, 2.75) is 32.7 Å². The summed E-state index contributed by atoms with van der Waals surface area (Å²) in [5.74, 6) is -0.131. The molecule has 3 heterocycles. The maximum absolute atomic E-state index is 12.7. The van der Waals surface area contributed by atoms with Crippen molar-refractivity contribution in [2.24, 2.45) is 5.92 Å². The van der Waals surface area contributed by atoms with E-state index in [-0.39, 0.29) is 18.5 Å². The van der Waals surface area contributed by atoms with Crippen molar-refractivity contribution >= 4 is 23.2 Å². The average Bonchev–Trinajstić information content (AvgIpc) is 3.15. The Labute approximate surface area is 137 Å². The Morgan fingerprint density at radius 3 is 2.83 bits per heavy atom. The Morgan fingerprint density at radius 1 is 1.39 bits per heavy atom. The minimum absolute atomic E-state index is 0.0223. The van der Waals surface area contributed by atoms with Crippen LogP contribution in [-0.4, -0.2) is 39.5 Å². The third kappa shape index (κ3) is 3.14. The van der Waals surface area contributed by atoms with E-state index in [4.69, 9.17) is 4.42 Å². The van der Waals surface area contributed by atoms with E-state index in [2.05, 4.69) is 4.98 Å². The molecule has 0 saturated carbocycles. The number of piperidine rings is 1. The van der Waals surface area contributed by atoms with Gasteiger partial charge in [-0.1, -0.05) is 0 Å². The molecule has 2 aromatic heterocycles. The number of rotatable bonds is 3. The number of carbonyl (C=O) groups excluding carboxylic acids is 1. The number of carboxylic acid groups (broad SMARTS) is 1. The molecule has 122 valence electrons. The number of amides is 1. The van der Waals surface area contributed by atoms with Gasteiger partial charge in [0.15, 0.2) is 10.8 Å². The fraction of sp³-hybridized carbons (Fsp3) is 0.438. The molecule has 0 radical (unpaired) electrons. The Balaban J connectivity index is 1.79. The molecule has 1 amide bonds. The molecule has 1 saturated heterocycles. The van der Waals surface area contributed by atoms with Crippen molar-refractivity contribution in [3.63, 3.8) is 0 Å². The highest BCUT2D eigenvalue weighted by Gasteiger charge is 2.33. The van der Waals surface area contributed by atoms with E-state index in [0.717, 1.165) is 5.76 Å². The molecule has 1 N–H and O–H groups in total. The van der Waals surface area contributed by atoms with Gasteiger partial charge in [0, 0.05) is 18.0 Å². The Bertz CT molecular complexity index is 736. The van der Waals surface area contributed by atoms with Crippen LogP contribution in [0.25, 0.3) is 10.8 Å². The Hall–Kier alpha value is -2.15.